The van der Waals surface area contributed by atoms with Crippen molar-refractivity contribution in [2.24, 2.45) is 5.92 Å². The van der Waals surface area contributed by atoms with E-state index >= 15 is 0 Å². The van der Waals surface area contributed by atoms with Crippen molar-refractivity contribution in [3.63, 3.8) is 0 Å². The summed E-state index contributed by atoms with van der Waals surface area (Å²) in [6, 6.07) is 10.5. The van der Waals surface area contributed by atoms with Crippen LogP contribution in [0.25, 0.3) is 0 Å². The van der Waals surface area contributed by atoms with Crippen LogP contribution in [0.1, 0.15) is 24.4 Å². The molecule has 3 heteroatoms. The van der Waals surface area contributed by atoms with Gasteiger partial charge in [0.1, 0.15) is 0 Å². The number of nitriles is 1. The zero-order valence-electron chi connectivity index (χ0n) is 8.41. The van der Waals surface area contributed by atoms with E-state index in [2.05, 4.69) is 11.4 Å². The molecule has 0 bridgehead atoms. The molecule has 2 rings (SSSR count). The Kier molecular flexibility index (Phi) is 3.25. The normalized spacial score (nSPS) is 25.9. The van der Waals surface area contributed by atoms with Crippen LogP contribution in [0.4, 0.5) is 0 Å². The number of nitrogens with one attached hydrogen (secondary N) is 1. The first-order chi connectivity index (χ1) is 7.31. The van der Waals surface area contributed by atoms with Crippen LogP contribution < -0.4 is 5.32 Å². The van der Waals surface area contributed by atoms with Gasteiger partial charge >= 0.3 is 0 Å². The van der Waals surface area contributed by atoms with E-state index in [0.29, 0.717) is 6.04 Å². The summed E-state index contributed by atoms with van der Waals surface area (Å²) in [4.78, 5) is 0. The third kappa shape index (κ3) is 2.31. The molecule has 0 saturated carbocycles. The molecule has 0 radical (unpaired) electrons. The van der Waals surface area contributed by atoms with Crippen molar-refractivity contribution in [3.05, 3.63) is 34.9 Å². The highest BCUT2D eigenvalue weighted by Gasteiger charge is 2.22. The van der Waals surface area contributed by atoms with Crippen molar-refractivity contribution in [1.29, 1.82) is 5.26 Å². The molecule has 2 nitrogen and oxygen atoms in total. The van der Waals surface area contributed by atoms with Crippen LogP contribution in [0.15, 0.2) is 24.3 Å². The minimum absolute atomic E-state index is 0.156. The molecule has 0 aliphatic carbocycles. The van der Waals surface area contributed by atoms with Crippen molar-refractivity contribution in [2.45, 2.75) is 18.9 Å². The smallest absolute Gasteiger partial charge is 0.0669 e. The fourth-order valence-electron chi connectivity index (χ4n) is 1.99. The summed E-state index contributed by atoms with van der Waals surface area (Å²) in [7, 11) is 0. The van der Waals surface area contributed by atoms with Crippen LogP contribution in [0.5, 0.6) is 0 Å². The highest BCUT2D eigenvalue weighted by atomic mass is 35.5. The topological polar surface area (TPSA) is 35.8 Å². The summed E-state index contributed by atoms with van der Waals surface area (Å²) in [6.07, 6.45) is 1.95. The molecule has 1 aromatic rings. The second-order valence-electron chi connectivity index (χ2n) is 3.89. The Hall–Kier alpha value is -1.04. The highest BCUT2D eigenvalue weighted by molar-refractivity contribution is 6.31. The number of piperidine rings is 1. The molecule has 1 aliphatic rings. The largest absolute Gasteiger partial charge is 0.309 e. The average molecular weight is 221 g/mol. The molecular formula is C12H13ClN2. The maximum atomic E-state index is 8.79. The third-order valence-corrected chi connectivity index (χ3v) is 3.22. The first kappa shape index (κ1) is 10.5. The number of halogens is 1. The van der Waals surface area contributed by atoms with E-state index in [-0.39, 0.29) is 5.92 Å². The predicted molar refractivity (Wildman–Crippen MR) is 60.5 cm³/mol. The standard InChI is InChI=1S/C12H13ClN2/c13-11-4-2-1-3-10(11)12-6-5-9(7-14)8-15-12/h1-4,9,12,15H,5-6,8H2. The van der Waals surface area contributed by atoms with Gasteiger partial charge in [-0.1, -0.05) is 29.8 Å². The predicted octanol–water partition coefficient (Wildman–Crippen LogP) is 2.90. The van der Waals surface area contributed by atoms with Crippen LogP contribution in [0, 0.1) is 17.2 Å². The van der Waals surface area contributed by atoms with Crippen LogP contribution in [0.3, 0.4) is 0 Å². The minimum atomic E-state index is 0.156. The highest BCUT2D eigenvalue weighted by Crippen LogP contribution is 2.29. The van der Waals surface area contributed by atoms with Gasteiger partial charge in [-0.25, -0.2) is 0 Å². The van der Waals surface area contributed by atoms with E-state index in [1.165, 1.54) is 0 Å². The van der Waals surface area contributed by atoms with Gasteiger partial charge in [-0.05, 0) is 24.5 Å². The molecule has 2 unspecified atom stereocenters. The molecule has 1 fully saturated rings. The quantitative estimate of drug-likeness (QED) is 0.790. The van der Waals surface area contributed by atoms with Crippen LogP contribution in [-0.2, 0) is 0 Å². The van der Waals surface area contributed by atoms with Crippen LogP contribution in [0.2, 0.25) is 5.02 Å². The van der Waals surface area contributed by atoms with Gasteiger partial charge in [-0.2, -0.15) is 5.26 Å². The van der Waals surface area contributed by atoms with Gasteiger partial charge in [0.25, 0.3) is 0 Å². The van der Waals surface area contributed by atoms with E-state index in [9.17, 15) is 0 Å². The van der Waals surface area contributed by atoms with Gasteiger partial charge < -0.3 is 5.32 Å². The van der Waals surface area contributed by atoms with Crippen molar-refractivity contribution < 1.29 is 0 Å². The molecule has 1 aromatic carbocycles. The SMILES string of the molecule is N#CC1CCC(c2ccccc2Cl)NC1. The summed E-state index contributed by atoms with van der Waals surface area (Å²) in [6.45, 7) is 0.770. The molecule has 0 amide bonds. The number of hydrogen-bond donors (Lipinski definition) is 1. The maximum absolute atomic E-state index is 8.79. The van der Waals surface area contributed by atoms with Crippen molar-refractivity contribution in [2.75, 3.05) is 6.54 Å². The Morgan fingerprint density at radius 3 is 2.73 bits per heavy atom. The van der Waals surface area contributed by atoms with E-state index < -0.39 is 0 Å². The second kappa shape index (κ2) is 4.65. The fraction of sp³-hybridized carbons (Fsp3) is 0.417. The van der Waals surface area contributed by atoms with Gasteiger partial charge in [0, 0.05) is 17.6 Å². The maximum Gasteiger partial charge on any atom is 0.0669 e. The average Bonchev–Trinajstić information content (AvgIpc) is 2.30. The summed E-state index contributed by atoms with van der Waals surface area (Å²) in [5.41, 5.74) is 1.15. The van der Waals surface area contributed by atoms with E-state index in [1.54, 1.807) is 0 Å². The molecule has 1 heterocycles. The monoisotopic (exact) mass is 220 g/mol. The molecule has 78 valence electrons. The molecule has 0 aromatic heterocycles. The zero-order chi connectivity index (χ0) is 10.7. The lowest BCUT2D eigenvalue weighted by molar-refractivity contribution is 0.362. The Balaban J connectivity index is 2.08. The summed E-state index contributed by atoms with van der Waals surface area (Å²) >= 11 is 6.12. The van der Waals surface area contributed by atoms with Gasteiger partial charge in [0.05, 0.1) is 12.0 Å². The Morgan fingerprint density at radius 1 is 1.33 bits per heavy atom. The van der Waals surface area contributed by atoms with Crippen LogP contribution in [-0.4, -0.2) is 6.54 Å². The number of rotatable bonds is 1. The second-order valence-corrected chi connectivity index (χ2v) is 4.29. The summed E-state index contributed by atoms with van der Waals surface area (Å²) in [5.74, 6) is 0.156. The lowest BCUT2D eigenvalue weighted by Crippen LogP contribution is -2.32. The molecule has 2 atom stereocenters. The lowest BCUT2D eigenvalue weighted by Gasteiger charge is -2.27. The molecule has 1 aliphatic heterocycles. The fourth-order valence-corrected chi connectivity index (χ4v) is 2.26. The first-order valence-electron chi connectivity index (χ1n) is 5.18. The van der Waals surface area contributed by atoms with E-state index in [4.69, 9.17) is 16.9 Å². The van der Waals surface area contributed by atoms with Crippen LogP contribution >= 0.6 is 11.6 Å². The number of hydrogen-bond acceptors (Lipinski definition) is 2. The van der Waals surface area contributed by atoms with E-state index in [1.807, 2.05) is 24.3 Å². The summed E-state index contributed by atoms with van der Waals surface area (Å²) in [5, 5.41) is 13.0. The van der Waals surface area contributed by atoms with Crippen molar-refractivity contribution in [3.8, 4) is 6.07 Å². The molecule has 1 saturated heterocycles. The first-order valence-corrected chi connectivity index (χ1v) is 5.56. The lowest BCUT2D eigenvalue weighted by atomic mass is 9.92. The molecule has 0 spiro atoms. The third-order valence-electron chi connectivity index (χ3n) is 2.88. The molecular weight excluding hydrogens is 208 g/mol. The van der Waals surface area contributed by atoms with E-state index in [0.717, 1.165) is 30.0 Å². The number of nitrogens with zero attached hydrogens (tertiary/aromatic N) is 1. The Bertz CT molecular complexity index is 375. The van der Waals surface area contributed by atoms with Gasteiger partial charge in [0.2, 0.25) is 0 Å². The van der Waals surface area contributed by atoms with Gasteiger partial charge in [0.15, 0.2) is 0 Å². The summed E-state index contributed by atoms with van der Waals surface area (Å²) < 4.78 is 0. The zero-order valence-corrected chi connectivity index (χ0v) is 9.17. The molecule has 1 N–H and O–H groups in total. The Labute approximate surface area is 94.9 Å². The minimum Gasteiger partial charge on any atom is -0.309 e. The van der Waals surface area contributed by atoms with Crippen molar-refractivity contribution >= 4 is 11.6 Å². The number of benzene rings is 1. The van der Waals surface area contributed by atoms with Gasteiger partial charge in [-0.15, -0.1) is 0 Å². The molecule has 15 heavy (non-hydrogen) atoms. The Morgan fingerprint density at radius 2 is 2.13 bits per heavy atom. The van der Waals surface area contributed by atoms with Gasteiger partial charge in [-0.3, -0.25) is 0 Å². The van der Waals surface area contributed by atoms with Crippen molar-refractivity contribution in [1.82, 2.24) is 5.32 Å².